The highest BCUT2D eigenvalue weighted by atomic mass is 35.5. The predicted molar refractivity (Wildman–Crippen MR) is 124 cm³/mol. The average molecular weight is 452 g/mol. The zero-order chi connectivity index (χ0) is 22.2. The molecule has 0 saturated carbocycles. The molecule has 0 saturated heterocycles. The first-order valence-electron chi connectivity index (χ1n) is 11.1. The number of ether oxygens (including phenoxy) is 1. The van der Waals surface area contributed by atoms with Gasteiger partial charge in [-0.3, -0.25) is 9.67 Å². The van der Waals surface area contributed by atoms with E-state index in [4.69, 9.17) is 22.3 Å². The number of esters is 1. The molecule has 2 aliphatic carbocycles. The number of hydrogen-bond donors (Lipinski definition) is 1. The maximum absolute atomic E-state index is 11.5. The average Bonchev–Trinajstić information content (AvgIpc) is 3.24. The minimum atomic E-state index is -0.458. The van der Waals surface area contributed by atoms with E-state index in [1.807, 2.05) is 18.2 Å². The molecule has 0 aliphatic heterocycles. The van der Waals surface area contributed by atoms with E-state index in [2.05, 4.69) is 21.1 Å². The van der Waals surface area contributed by atoms with Gasteiger partial charge in [0.25, 0.3) is 0 Å². The second-order valence-electron chi connectivity index (χ2n) is 8.79. The van der Waals surface area contributed by atoms with Crippen molar-refractivity contribution in [2.24, 2.45) is 5.92 Å². The Morgan fingerprint density at radius 2 is 2.19 bits per heavy atom. The summed E-state index contributed by atoms with van der Waals surface area (Å²) in [5, 5.41) is 9.55. The number of pyridine rings is 1. The molecule has 3 aromatic rings. The smallest absolute Gasteiger partial charge is 0.360 e. The molecule has 5 rings (SSSR count). The molecular weight excluding hydrogens is 426 g/mol. The van der Waals surface area contributed by atoms with Crippen molar-refractivity contribution >= 4 is 34.2 Å². The van der Waals surface area contributed by atoms with Crippen LogP contribution in [-0.4, -0.2) is 33.1 Å². The monoisotopic (exact) mass is 451 g/mol. The number of nitrogens with two attached hydrogens (primary N) is 1. The zero-order valence-corrected chi connectivity index (χ0v) is 18.8. The Hall–Kier alpha value is -2.93. The van der Waals surface area contributed by atoms with Crippen LogP contribution in [0.5, 0.6) is 0 Å². The zero-order valence-electron chi connectivity index (χ0n) is 18.1. The number of aryl methyl sites for hydroxylation is 1. The molecule has 2 aliphatic rings. The Bertz CT molecular complexity index is 1220. The van der Waals surface area contributed by atoms with E-state index in [9.17, 15) is 4.79 Å². The summed E-state index contributed by atoms with van der Waals surface area (Å²) in [6.45, 7) is 0.735. The van der Waals surface area contributed by atoms with E-state index in [1.165, 1.54) is 18.2 Å². The molecular formula is C24H26ClN5O2. The van der Waals surface area contributed by atoms with Crippen molar-refractivity contribution in [3.8, 4) is 0 Å². The number of unbranched alkanes of at least 4 members (excludes halogenated alkanes) is 1. The van der Waals surface area contributed by atoms with Crippen molar-refractivity contribution in [2.75, 3.05) is 12.8 Å². The minimum Gasteiger partial charge on any atom is -0.464 e. The van der Waals surface area contributed by atoms with Gasteiger partial charge in [0.2, 0.25) is 0 Å². The summed E-state index contributed by atoms with van der Waals surface area (Å²) in [7, 11) is 1.34. The molecule has 7 nitrogen and oxygen atoms in total. The minimum absolute atomic E-state index is 0.245. The van der Waals surface area contributed by atoms with Crippen LogP contribution >= 0.6 is 11.6 Å². The molecule has 2 heterocycles. The van der Waals surface area contributed by atoms with Crippen LogP contribution in [0.3, 0.4) is 0 Å². The summed E-state index contributed by atoms with van der Waals surface area (Å²) >= 11 is 6.17. The van der Waals surface area contributed by atoms with Crippen molar-refractivity contribution in [3.05, 3.63) is 58.0 Å². The Labute approximate surface area is 191 Å². The van der Waals surface area contributed by atoms with Gasteiger partial charge in [-0.05, 0) is 68.6 Å². The first-order valence-corrected chi connectivity index (χ1v) is 11.4. The fourth-order valence-corrected chi connectivity index (χ4v) is 5.37. The number of carbonyl (C=O) groups is 1. The molecule has 2 N–H and O–H groups in total. The number of allylic oxidation sites excluding steroid dienone is 2. The van der Waals surface area contributed by atoms with Crippen molar-refractivity contribution < 1.29 is 9.53 Å². The highest BCUT2D eigenvalue weighted by Gasteiger charge is 2.33. The van der Waals surface area contributed by atoms with Crippen LogP contribution in [0.4, 0.5) is 5.69 Å². The number of carbonyl (C=O) groups excluding carboxylic acids is 1. The van der Waals surface area contributed by atoms with E-state index in [0.717, 1.165) is 67.4 Å². The van der Waals surface area contributed by atoms with Crippen LogP contribution in [0.25, 0.3) is 10.9 Å². The molecule has 2 atom stereocenters. The number of anilines is 1. The second-order valence-corrected chi connectivity index (χ2v) is 9.23. The highest BCUT2D eigenvalue weighted by Crippen LogP contribution is 2.47. The summed E-state index contributed by atoms with van der Waals surface area (Å²) in [6.07, 6.45) is 10.3. The lowest BCUT2D eigenvalue weighted by Gasteiger charge is -2.36. The SMILES string of the molecule is COC(=O)c1cn(CCCCC2=C[C@H]3Cc4nc5cc(Cl)ccc5c(N)c4[C@@H](C2)C3)nn1. The van der Waals surface area contributed by atoms with Crippen LogP contribution in [0.1, 0.15) is 59.8 Å². The van der Waals surface area contributed by atoms with Gasteiger partial charge in [-0.2, -0.15) is 0 Å². The number of methoxy groups -OCH3 is 1. The van der Waals surface area contributed by atoms with Gasteiger partial charge in [0, 0.05) is 33.9 Å². The number of hydrogen-bond acceptors (Lipinski definition) is 6. The van der Waals surface area contributed by atoms with Gasteiger partial charge in [-0.1, -0.05) is 28.5 Å². The molecule has 0 fully saturated rings. The Balaban J connectivity index is 1.24. The number of nitrogens with zero attached hydrogens (tertiary/aromatic N) is 4. The Morgan fingerprint density at radius 3 is 3.03 bits per heavy atom. The first-order chi connectivity index (χ1) is 15.5. The lowest BCUT2D eigenvalue weighted by Crippen LogP contribution is -2.24. The number of rotatable bonds is 6. The van der Waals surface area contributed by atoms with Gasteiger partial charge in [-0.25, -0.2) is 4.79 Å². The third-order valence-corrected chi connectivity index (χ3v) is 6.84. The summed E-state index contributed by atoms with van der Waals surface area (Å²) in [5.74, 6) is 0.507. The van der Waals surface area contributed by atoms with E-state index in [1.54, 1.807) is 10.9 Å². The highest BCUT2D eigenvalue weighted by molar-refractivity contribution is 6.31. The third-order valence-electron chi connectivity index (χ3n) is 6.61. The van der Waals surface area contributed by atoms with Gasteiger partial charge in [0.05, 0.1) is 18.8 Å². The Morgan fingerprint density at radius 1 is 1.31 bits per heavy atom. The first kappa shape index (κ1) is 20.9. The number of nitrogen functional groups attached to an aromatic ring is 1. The molecule has 0 unspecified atom stereocenters. The number of aromatic nitrogens is 4. The number of benzene rings is 1. The summed E-state index contributed by atoms with van der Waals surface area (Å²) in [6, 6.07) is 5.78. The van der Waals surface area contributed by atoms with Crippen LogP contribution in [0.15, 0.2) is 36.0 Å². The molecule has 2 aromatic heterocycles. The van der Waals surface area contributed by atoms with Gasteiger partial charge in [0.15, 0.2) is 5.69 Å². The van der Waals surface area contributed by atoms with Gasteiger partial charge >= 0.3 is 5.97 Å². The van der Waals surface area contributed by atoms with Crippen molar-refractivity contribution in [2.45, 2.75) is 51.0 Å². The standard InChI is InChI=1S/C24H26ClN5O2/c1-32-24(31)21-13-30(29-28-21)7-3-2-4-14-8-15-10-16(9-14)22-20(11-15)27-19-12-17(25)5-6-18(19)23(22)26/h5-6,8,12-13,15-16H,2-4,7,9-11H2,1H3,(H2,26,27)/t15-,16+/m1/s1. The molecule has 32 heavy (non-hydrogen) atoms. The predicted octanol–water partition coefficient (Wildman–Crippen LogP) is 4.70. The van der Waals surface area contributed by atoms with E-state index in [-0.39, 0.29) is 5.69 Å². The van der Waals surface area contributed by atoms with E-state index < -0.39 is 5.97 Å². The normalized spacial score (nSPS) is 19.5. The lowest BCUT2D eigenvalue weighted by atomic mass is 9.70. The van der Waals surface area contributed by atoms with Crippen molar-refractivity contribution in [1.82, 2.24) is 20.0 Å². The molecule has 8 heteroatoms. The van der Waals surface area contributed by atoms with Gasteiger partial charge in [-0.15, -0.1) is 5.10 Å². The number of fused-ring (bicyclic) bond motifs is 5. The Kier molecular flexibility index (Phi) is 5.59. The van der Waals surface area contributed by atoms with E-state index >= 15 is 0 Å². The summed E-state index contributed by atoms with van der Waals surface area (Å²) in [4.78, 5) is 16.4. The number of halogens is 1. The quantitative estimate of drug-likeness (QED) is 0.331. The topological polar surface area (TPSA) is 95.9 Å². The maximum atomic E-state index is 11.5. The lowest BCUT2D eigenvalue weighted by molar-refractivity contribution is 0.0594. The third kappa shape index (κ3) is 3.97. The van der Waals surface area contributed by atoms with Crippen LogP contribution < -0.4 is 5.73 Å². The molecule has 0 amide bonds. The van der Waals surface area contributed by atoms with E-state index in [0.29, 0.717) is 16.9 Å². The van der Waals surface area contributed by atoms with Gasteiger partial charge in [0.1, 0.15) is 0 Å². The molecule has 166 valence electrons. The van der Waals surface area contributed by atoms with Crippen molar-refractivity contribution in [3.63, 3.8) is 0 Å². The summed E-state index contributed by atoms with van der Waals surface area (Å²) in [5.41, 5.74) is 12.6. The fourth-order valence-electron chi connectivity index (χ4n) is 5.20. The van der Waals surface area contributed by atoms with Crippen LogP contribution in [0.2, 0.25) is 5.02 Å². The van der Waals surface area contributed by atoms with Crippen molar-refractivity contribution in [1.29, 1.82) is 0 Å². The second kappa shape index (κ2) is 8.54. The van der Waals surface area contributed by atoms with Crippen LogP contribution in [-0.2, 0) is 17.7 Å². The molecule has 0 spiro atoms. The maximum Gasteiger partial charge on any atom is 0.360 e. The summed E-state index contributed by atoms with van der Waals surface area (Å²) < 4.78 is 6.38. The van der Waals surface area contributed by atoms with Gasteiger partial charge < -0.3 is 10.5 Å². The van der Waals surface area contributed by atoms with Crippen LogP contribution in [0, 0.1) is 5.92 Å². The molecule has 2 bridgehead atoms. The molecule has 0 radical (unpaired) electrons. The fraction of sp³-hybridized carbons (Fsp3) is 0.417. The largest absolute Gasteiger partial charge is 0.464 e. The molecule has 1 aromatic carbocycles.